The topological polar surface area (TPSA) is 164 Å². The number of allylic oxidation sites excluding steroid dienone is 1. The van der Waals surface area contributed by atoms with E-state index in [9.17, 15) is 25.5 Å². The third kappa shape index (κ3) is 3.60. The Morgan fingerprint density at radius 3 is 2.43 bits per heavy atom. The molecule has 0 spiro atoms. The first-order valence-electron chi connectivity index (χ1n) is 7.00. The first-order chi connectivity index (χ1) is 10.9. The number of hydrogen-bond donors (Lipinski definition) is 6. The van der Waals surface area contributed by atoms with Gasteiger partial charge in [0.1, 0.15) is 42.7 Å². The van der Waals surface area contributed by atoms with Crippen LogP contribution in [0.25, 0.3) is 0 Å². The SMILES string of the molecule is N#C/C=C1/C=CC(O)C(O)C1OC1OC(CO)C(O)C(O)C1O. The Hall–Kier alpha value is -1.35. The lowest BCUT2D eigenvalue weighted by atomic mass is 9.93. The lowest BCUT2D eigenvalue weighted by molar-refractivity contribution is -0.314. The van der Waals surface area contributed by atoms with E-state index in [0.29, 0.717) is 0 Å². The van der Waals surface area contributed by atoms with Gasteiger partial charge in [-0.3, -0.25) is 0 Å². The smallest absolute Gasteiger partial charge is 0.187 e. The van der Waals surface area contributed by atoms with E-state index < -0.39 is 55.6 Å². The third-order valence-corrected chi connectivity index (χ3v) is 3.83. The molecular weight excluding hydrogens is 310 g/mol. The minimum atomic E-state index is -1.65. The van der Waals surface area contributed by atoms with E-state index in [2.05, 4.69) is 0 Å². The molecule has 1 saturated heterocycles. The van der Waals surface area contributed by atoms with E-state index in [-0.39, 0.29) is 5.57 Å². The monoisotopic (exact) mass is 329 g/mol. The normalized spacial score (nSPS) is 45.9. The van der Waals surface area contributed by atoms with Gasteiger partial charge in [-0.1, -0.05) is 12.2 Å². The van der Waals surface area contributed by atoms with E-state index >= 15 is 0 Å². The number of hydrogen-bond acceptors (Lipinski definition) is 9. The summed E-state index contributed by atoms with van der Waals surface area (Å²) in [5.41, 5.74) is 0.238. The van der Waals surface area contributed by atoms with Crippen molar-refractivity contribution in [3.8, 4) is 6.07 Å². The summed E-state index contributed by atoms with van der Waals surface area (Å²) in [6, 6.07) is 1.77. The van der Waals surface area contributed by atoms with Crippen molar-refractivity contribution in [2.75, 3.05) is 6.61 Å². The maximum Gasteiger partial charge on any atom is 0.187 e. The Morgan fingerprint density at radius 1 is 1.13 bits per heavy atom. The highest BCUT2D eigenvalue weighted by Crippen LogP contribution is 2.28. The quantitative estimate of drug-likeness (QED) is 0.294. The molecule has 0 aromatic heterocycles. The lowest BCUT2D eigenvalue weighted by Crippen LogP contribution is -2.60. The number of nitriles is 1. The second kappa shape index (κ2) is 7.48. The molecule has 8 unspecified atom stereocenters. The van der Waals surface area contributed by atoms with Crippen LogP contribution >= 0.6 is 0 Å². The van der Waals surface area contributed by atoms with Crippen LogP contribution in [0, 0.1) is 11.3 Å². The van der Waals surface area contributed by atoms with Crippen molar-refractivity contribution in [3.63, 3.8) is 0 Å². The van der Waals surface area contributed by atoms with Gasteiger partial charge in [0.25, 0.3) is 0 Å². The molecule has 8 atom stereocenters. The molecule has 0 radical (unpaired) electrons. The van der Waals surface area contributed by atoms with Gasteiger partial charge in [-0.05, 0) is 5.57 Å². The Kier molecular flexibility index (Phi) is 5.85. The Morgan fingerprint density at radius 2 is 1.83 bits per heavy atom. The number of ether oxygens (including phenoxy) is 2. The van der Waals surface area contributed by atoms with Gasteiger partial charge >= 0.3 is 0 Å². The fourth-order valence-corrected chi connectivity index (χ4v) is 2.48. The maximum absolute atomic E-state index is 10.0. The molecule has 1 aliphatic heterocycles. The fraction of sp³-hybridized carbons (Fsp3) is 0.643. The highest BCUT2D eigenvalue weighted by molar-refractivity contribution is 5.34. The Bertz CT molecular complexity index is 513. The second-order valence-electron chi connectivity index (χ2n) is 5.37. The van der Waals surface area contributed by atoms with Crippen LogP contribution in [0.5, 0.6) is 0 Å². The zero-order chi connectivity index (χ0) is 17.1. The molecule has 0 amide bonds. The molecule has 0 bridgehead atoms. The fourth-order valence-electron chi connectivity index (χ4n) is 2.48. The first-order valence-corrected chi connectivity index (χ1v) is 7.00. The van der Waals surface area contributed by atoms with Crippen molar-refractivity contribution in [2.24, 2.45) is 0 Å². The van der Waals surface area contributed by atoms with Gasteiger partial charge in [0.05, 0.1) is 12.7 Å². The van der Waals surface area contributed by atoms with Crippen molar-refractivity contribution >= 4 is 0 Å². The summed E-state index contributed by atoms with van der Waals surface area (Å²) >= 11 is 0. The highest BCUT2D eigenvalue weighted by atomic mass is 16.7. The van der Waals surface area contributed by atoms with Crippen molar-refractivity contribution in [1.82, 2.24) is 0 Å². The summed E-state index contributed by atoms with van der Waals surface area (Å²) in [4.78, 5) is 0. The summed E-state index contributed by atoms with van der Waals surface area (Å²) in [5.74, 6) is 0. The molecule has 6 N–H and O–H groups in total. The molecule has 1 fully saturated rings. The van der Waals surface area contributed by atoms with Crippen LogP contribution in [0.1, 0.15) is 0 Å². The Labute approximate surface area is 131 Å². The average molecular weight is 329 g/mol. The first kappa shape index (κ1) is 18.0. The molecule has 1 heterocycles. The summed E-state index contributed by atoms with van der Waals surface area (Å²) in [5, 5.41) is 66.9. The molecule has 0 saturated carbocycles. The van der Waals surface area contributed by atoms with Gasteiger partial charge in [0.2, 0.25) is 0 Å². The summed E-state index contributed by atoms with van der Waals surface area (Å²) in [7, 11) is 0. The van der Waals surface area contributed by atoms with Gasteiger partial charge in [-0.25, -0.2) is 0 Å². The van der Waals surface area contributed by atoms with Crippen LogP contribution in [-0.2, 0) is 9.47 Å². The summed E-state index contributed by atoms with van der Waals surface area (Å²) in [6.07, 6.45) is -7.57. The van der Waals surface area contributed by atoms with Crippen molar-refractivity contribution < 1.29 is 40.1 Å². The third-order valence-electron chi connectivity index (χ3n) is 3.83. The van der Waals surface area contributed by atoms with Crippen molar-refractivity contribution in [1.29, 1.82) is 5.26 Å². The molecule has 2 rings (SSSR count). The van der Waals surface area contributed by atoms with Crippen LogP contribution in [-0.4, -0.2) is 86.3 Å². The van der Waals surface area contributed by atoms with Crippen LogP contribution in [0.15, 0.2) is 23.8 Å². The molecule has 9 nitrogen and oxygen atoms in total. The largest absolute Gasteiger partial charge is 0.394 e. The minimum absolute atomic E-state index is 0.238. The van der Waals surface area contributed by atoms with Gasteiger partial charge in [-0.2, -0.15) is 5.26 Å². The van der Waals surface area contributed by atoms with E-state index in [0.717, 1.165) is 6.08 Å². The zero-order valence-electron chi connectivity index (χ0n) is 12.0. The molecule has 2 aliphatic rings. The molecular formula is C14H19NO8. The van der Waals surface area contributed by atoms with Gasteiger partial charge < -0.3 is 40.1 Å². The summed E-state index contributed by atoms with van der Waals surface area (Å²) < 4.78 is 10.6. The van der Waals surface area contributed by atoms with Gasteiger partial charge in [-0.15, -0.1) is 0 Å². The summed E-state index contributed by atoms with van der Waals surface area (Å²) in [6.45, 7) is -0.624. The van der Waals surface area contributed by atoms with Gasteiger partial charge in [0.15, 0.2) is 6.29 Å². The van der Waals surface area contributed by atoms with Crippen LogP contribution in [0.4, 0.5) is 0 Å². The zero-order valence-corrected chi connectivity index (χ0v) is 12.0. The van der Waals surface area contributed by atoms with E-state index in [1.165, 1.54) is 12.2 Å². The van der Waals surface area contributed by atoms with Crippen LogP contribution in [0.2, 0.25) is 0 Å². The van der Waals surface area contributed by atoms with E-state index in [1.807, 2.05) is 0 Å². The highest BCUT2D eigenvalue weighted by Gasteiger charge is 2.46. The number of rotatable bonds is 3. The van der Waals surface area contributed by atoms with Crippen molar-refractivity contribution in [2.45, 2.75) is 49.0 Å². The molecule has 128 valence electrons. The van der Waals surface area contributed by atoms with E-state index in [4.69, 9.17) is 19.8 Å². The molecule has 0 aromatic rings. The van der Waals surface area contributed by atoms with Crippen molar-refractivity contribution in [3.05, 3.63) is 23.8 Å². The average Bonchev–Trinajstić information content (AvgIpc) is 2.54. The predicted molar refractivity (Wildman–Crippen MR) is 73.5 cm³/mol. The predicted octanol–water partition coefficient (Wildman–Crippen LogP) is -3.09. The standard InChI is InChI=1S/C14H19NO8/c15-4-3-6-1-2-7(17)9(18)13(6)23-14-12(21)11(20)10(19)8(5-16)22-14/h1-3,7-14,16-21H,5H2/b6-3-. The molecule has 9 heteroatoms. The van der Waals surface area contributed by atoms with Gasteiger partial charge in [0, 0.05) is 6.08 Å². The van der Waals surface area contributed by atoms with Crippen LogP contribution < -0.4 is 0 Å². The Balaban J connectivity index is 2.20. The molecule has 0 aromatic carbocycles. The maximum atomic E-state index is 10.0. The number of nitrogens with zero attached hydrogens (tertiary/aromatic N) is 1. The molecule has 23 heavy (non-hydrogen) atoms. The minimum Gasteiger partial charge on any atom is -0.394 e. The molecule has 1 aliphatic carbocycles. The number of aliphatic hydroxyl groups is 6. The number of aliphatic hydroxyl groups excluding tert-OH is 6. The lowest BCUT2D eigenvalue weighted by Gasteiger charge is -2.42. The van der Waals surface area contributed by atoms with Crippen LogP contribution in [0.3, 0.4) is 0 Å². The van der Waals surface area contributed by atoms with E-state index in [1.54, 1.807) is 6.07 Å². The second-order valence-corrected chi connectivity index (χ2v) is 5.37.